The number of rotatable bonds is 5. The van der Waals surface area contributed by atoms with Crippen molar-refractivity contribution in [1.29, 1.82) is 0 Å². The summed E-state index contributed by atoms with van der Waals surface area (Å²) in [6.07, 6.45) is 8.03. The zero-order valence-corrected chi connectivity index (χ0v) is 9.15. The third-order valence-corrected chi connectivity index (χ3v) is 2.26. The number of thiol groups is 1. The normalized spacial score (nSPS) is 9.92. The van der Waals surface area contributed by atoms with Gasteiger partial charge >= 0.3 is 0 Å². The van der Waals surface area contributed by atoms with Crippen LogP contribution >= 0.6 is 24.8 Å². The topological polar surface area (TPSA) is 12.9 Å². The van der Waals surface area contributed by atoms with Crippen LogP contribution in [0.2, 0.25) is 0 Å². The second-order valence-electron chi connectivity index (χ2n) is 2.96. The molecule has 0 saturated heterocycles. The van der Waals surface area contributed by atoms with Crippen LogP contribution in [0.15, 0.2) is 24.5 Å². The Hall–Kier alpha value is -0.410. The van der Waals surface area contributed by atoms with Crippen LogP contribution in [-0.2, 0) is 6.42 Å². The van der Waals surface area contributed by atoms with Crippen molar-refractivity contribution < 1.29 is 0 Å². The molecule has 0 amide bonds. The van der Waals surface area contributed by atoms with Crippen LogP contribution < -0.4 is 0 Å². The van der Waals surface area contributed by atoms with Crippen LogP contribution in [0.25, 0.3) is 0 Å². The predicted molar refractivity (Wildman–Crippen MR) is 63.4 cm³/mol. The maximum atomic E-state index is 4.88. The molecule has 0 fully saturated rings. The van der Waals surface area contributed by atoms with Crippen LogP contribution in [-0.4, -0.2) is 9.18 Å². The standard InChI is InChI=1S/C10H13NS2/c12-10(13)6-2-1-4-9-5-3-7-11-8-9/h3,5,7-8H,1-2,4,6H2,(H,12,13). The van der Waals surface area contributed by atoms with Crippen LogP contribution in [0.5, 0.6) is 0 Å². The van der Waals surface area contributed by atoms with Gasteiger partial charge in [-0.3, -0.25) is 4.98 Å². The average molecular weight is 211 g/mol. The zero-order chi connectivity index (χ0) is 9.52. The number of hydrogen-bond acceptors (Lipinski definition) is 2. The smallest absolute Gasteiger partial charge is 0.0448 e. The summed E-state index contributed by atoms with van der Waals surface area (Å²) in [5.74, 6) is 0. The molecule has 1 aromatic heterocycles. The molecule has 1 nitrogen and oxygen atoms in total. The molecule has 0 unspecified atom stereocenters. The lowest BCUT2D eigenvalue weighted by Crippen LogP contribution is -1.88. The number of pyridine rings is 1. The van der Waals surface area contributed by atoms with E-state index in [1.165, 1.54) is 5.56 Å². The van der Waals surface area contributed by atoms with E-state index in [0.717, 1.165) is 29.9 Å². The fraction of sp³-hybridized carbons (Fsp3) is 0.400. The van der Waals surface area contributed by atoms with Gasteiger partial charge in [0, 0.05) is 16.6 Å². The van der Waals surface area contributed by atoms with E-state index in [4.69, 9.17) is 12.2 Å². The van der Waals surface area contributed by atoms with Gasteiger partial charge in [0.2, 0.25) is 0 Å². The maximum absolute atomic E-state index is 4.88. The fourth-order valence-electron chi connectivity index (χ4n) is 1.15. The van der Waals surface area contributed by atoms with E-state index in [0.29, 0.717) is 0 Å². The van der Waals surface area contributed by atoms with E-state index in [1.807, 2.05) is 12.3 Å². The number of aryl methyl sites for hydroxylation is 1. The van der Waals surface area contributed by atoms with Crippen molar-refractivity contribution in [2.75, 3.05) is 0 Å². The van der Waals surface area contributed by atoms with Crippen LogP contribution in [0.4, 0.5) is 0 Å². The van der Waals surface area contributed by atoms with Crippen molar-refractivity contribution >= 4 is 29.0 Å². The lowest BCUT2D eigenvalue weighted by molar-refractivity contribution is 0.765. The molecular formula is C10H13NS2. The second-order valence-corrected chi connectivity index (χ2v) is 4.30. The highest BCUT2D eigenvalue weighted by Gasteiger charge is 1.93. The van der Waals surface area contributed by atoms with Gasteiger partial charge in [-0.25, -0.2) is 0 Å². The van der Waals surface area contributed by atoms with E-state index in [9.17, 15) is 0 Å². The van der Waals surface area contributed by atoms with Gasteiger partial charge in [-0.2, -0.15) is 0 Å². The minimum Gasteiger partial charge on any atom is -0.264 e. The molecule has 0 bridgehead atoms. The van der Waals surface area contributed by atoms with Gasteiger partial charge in [-0.1, -0.05) is 18.3 Å². The van der Waals surface area contributed by atoms with Crippen molar-refractivity contribution in [2.24, 2.45) is 0 Å². The monoisotopic (exact) mass is 211 g/mol. The fourth-order valence-corrected chi connectivity index (χ4v) is 1.45. The number of hydrogen-bond donors (Lipinski definition) is 1. The van der Waals surface area contributed by atoms with Crippen molar-refractivity contribution in [2.45, 2.75) is 25.7 Å². The summed E-state index contributed by atoms with van der Waals surface area (Å²) < 4.78 is 0.811. The molecule has 0 radical (unpaired) electrons. The van der Waals surface area contributed by atoms with Crippen LogP contribution in [0.3, 0.4) is 0 Å². The number of unbranched alkanes of at least 4 members (excludes halogenated alkanes) is 1. The molecule has 13 heavy (non-hydrogen) atoms. The molecule has 1 heterocycles. The number of nitrogens with zero attached hydrogens (tertiary/aromatic N) is 1. The van der Waals surface area contributed by atoms with Gasteiger partial charge in [-0.05, 0) is 37.3 Å². The van der Waals surface area contributed by atoms with E-state index in [1.54, 1.807) is 6.20 Å². The van der Waals surface area contributed by atoms with E-state index >= 15 is 0 Å². The lowest BCUT2D eigenvalue weighted by atomic mass is 10.1. The molecule has 0 aliphatic carbocycles. The molecule has 0 spiro atoms. The summed E-state index contributed by atoms with van der Waals surface area (Å²) in [6.45, 7) is 0. The third-order valence-electron chi connectivity index (χ3n) is 1.83. The van der Waals surface area contributed by atoms with Gasteiger partial charge in [0.05, 0.1) is 0 Å². The van der Waals surface area contributed by atoms with Crippen molar-refractivity contribution in [3.8, 4) is 0 Å². The largest absolute Gasteiger partial charge is 0.264 e. The Morgan fingerprint density at radius 1 is 1.46 bits per heavy atom. The highest BCUT2D eigenvalue weighted by atomic mass is 32.1. The Morgan fingerprint density at radius 2 is 2.31 bits per heavy atom. The number of thiocarbonyl (C=S) groups is 1. The van der Waals surface area contributed by atoms with Gasteiger partial charge in [0.1, 0.15) is 0 Å². The molecule has 0 N–H and O–H groups in total. The molecule has 0 aliphatic rings. The minimum atomic E-state index is 0.811. The lowest BCUT2D eigenvalue weighted by Gasteiger charge is -1.99. The van der Waals surface area contributed by atoms with Crippen molar-refractivity contribution in [1.82, 2.24) is 4.98 Å². The van der Waals surface area contributed by atoms with Crippen LogP contribution in [0.1, 0.15) is 24.8 Å². The van der Waals surface area contributed by atoms with Gasteiger partial charge in [0.25, 0.3) is 0 Å². The zero-order valence-electron chi connectivity index (χ0n) is 7.44. The Balaban J connectivity index is 2.17. The second kappa shape index (κ2) is 6.11. The first kappa shape index (κ1) is 10.7. The molecule has 0 aliphatic heterocycles. The molecule has 3 heteroatoms. The summed E-state index contributed by atoms with van der Waals surface area (Å²) in [6, 6.07) is 4.07. The molecule has 70 valence electrons. The van der Waals surface area contributed by atoms with E-state index in [2.05, 4.69) is 23.7 Å². The summed E-state index contributed by atoms with van der Waals surface area (Å²) in [4.78, 5) is 4.06. The quantitative estimate of drug-likeness (QED) is 0.457. The van der Waals surface area contributed by atoms with Gasteiger partial charge < -0.3 is 0 Å². The third kappa shape index (κ3) is 5.01. The molecule has 0 aromatic carbocycles. The Bertz CT molecular complexity index is 259. The maximum Gasteiger partial charge on any atom is 0.0448 e. The first-order chi connectivity index (χ1) is 6.29. The summed E-state index contributed by atoms with van der Waals surface area (Å²) in [5.41, 5.74) is 1.30. The highest BCUT2D eigenvalue weighted by molar-refractivity contribution is 8.11. The first-order valence-electron chi connectivity index (χ1n) is 4.40. The van der Waals surface area contributed by atoms with Crippen LogP contribution in [0, 0.1) is 0 Å². The summed E-state index contributed by atoms with van der Waals surface area (Å²) >= 11 is 8.95. The van der Waals surface area contributed by atoms with Gasteiger partial charge in [-0.15, -0.1) is 12.6 Å². The minimum absolute atomic E-state index is 0.811. The van der Waals surface area contributed by atoms with E-state index < -0.39 is 0 Å². The SMILES string of the molecule is S=C(S)CCCCc1cccnc1. The Labute approximate surface area is 90.0 Å². The Kier molecular flexibility index (Phi) is 5.01. The molecular weight excluding hydrogens is 198 g/mol. The molecule has 0 saturated carbocycles. The summed E-state index contributed by atoms with van der Waals surface area (Å²) in [7, 11) is 0. The highest BCUT2D eigenvalue weighted by Crippen LogP contribution is 2.06. The molecule has 0 atom stereocenters. The Morgan fingerprint density at radius 3 is 2.92 bits per heavy atom. The van der Waals surface area contributed by atoms with Crippen molar-refractivity contribution in [3.05, 3.63) is 30.1 Å². The molecule has 1 rings (SSSR count). The average Bonchev–Trinajstić information content (AvgIpc) is 2.14. The predicted octanol–water partition coefficient (Wildman–Crippen LogP) is 3.05. The first-order valence-corrected chi connectivity index (χ1v) is 5.25. The summed E-state index contributed by atoms with van der Waals surface area (Å²) in [5, 5.41) is 0. The molecule has 1 aromatic rings. The van der Waals surface area contributed by atoms with Gasteiger partial charge in [0.15, 0.2) is 0 Å². The number of aromatic nitrogens is 1. The van der Waals surface area contributed by atoms with Crippen molar-refractivity contribution in [3.63, 3.8) is 0 Å². The van der Waals surface area contributed by atoms with E-state index in [-0.39, 0.29) is 0 Å².